The Kier molecular flexibility index (Phi) is 6.57. The zero-order valence-corrected chi connectivity index (χ0v) is 18.5. The summed E-state index contributed by atoms with van der Waals surface area (Å²) in [6.07, 6.45) is 3.83. The fourth-order valence-electron chi connectivity index (χ4n) is 4.13. The first-order chi connectivity index (χ1) is 15.3. The van der Waals surface area contributed by atoms with Crippen molar-refractivity contribution in [2.75, 3.05) is 25.0 Å². The molecular weight excluding hydrogens is 433 g/mol. The largest absolute Gasteiger partial charge is 0.338 e. The van der Waals surface area contributed by atoms with Gasteiger partial charge in [-0.15, -0.1) is 0 Å². The predicted octanol–water partition coefficient (Wildman–Crippen LogP) is 3.38. The number of anilines is 1. The number of nitrogens with zero attached hydrogens (tertiary/aromatic N) is 2. The molecule has 0 unspecified atom stereocenters. The van der Waals surface area contributed by atoms with Gasteiger partial charge in [0.15, 0.2) is 0 Å². The van der Waals surface area contributed by atoms with Crippen molar-refractivity contribution in [2.45, 2.75) is 43.5 Å². The minimum atomic E-state index is -4.01. The minimum Gasteiger partial charge on any atom is -0.338 e. The lowest BCUT2D eigenvalue weighted by molar-refractivity contribution is -0.128. The van der Waals surface area contributed by atoms with Crippen molar-refractivity contribution in [1.82, 2.24) is 9.21 Å². The van der Waals surface area contributed by atoms with Gasteiger partial charge in [0.25, 0.3) is 5.91 Å². The summed E-state index contributed by atoms with van der Waals surface area (Å²) in [7, 11) is -4.01. The van der Waals surface area contributed by atoms with Gasteiger partial charge < -0.3 is 10.2 Å². The first-order valence-corrected chi connectivity index (χ1v) is 12.3. The van der Waals surface area contributed by atoms with E-state index in [0.29, 0.717) is 31.7 Å². The maximum atomic E-state index is 14.4. The first kappa shape index (κ1) is 22.4. The Bertz CT molecular complexity index is 1130. The second kappa shape index (κ2) is 9.38. The van der Waals surface area contributed by atoms with Crippen molar-refractivity contribution in [3.8, 4) is 0 Å². The van der Waals surface area contributed by atoms with Gasteiger partial charge in [-0.1, -0.05) is 18.6 Å². The Morgan fingerprint density at radius 2 is 1.78 bits per heavy atom. The van der Waals surface area contributed by atoms with Gasteiger partial charge in [-0.3, -0.25) is 9.59 Å². The fraction of sp³-hybridized carbons (Fsp3) is 0.391. The molecule has 0 aliphatic carbocycles. The molecule has 170 valence electrons. The second-order valence-corrected chi connectivity index (χ2v) is 10.1. The van der Waals surface area contributed by atoms with Crippen LogP contribution >= 0.6 is 0 Å². The standard InChI is InChI=1S/C23H26FN3O4S/c24-20-10-9-18(15-21(20)32(30,31)27-12-2-1-3-13-27)23(29)25-19-7-4-6-17(14-19)16-26-11-5-8-22(26)28/h4,6-7,9-10,14-15H,1-3,5,8,11-13,16H2,(H,25,29). The number of halogens is 1. The Balaban J connectivity index is 1.51. The van der Waals surface area contributed by atoms with E-state index >= 15 is 0 Å². The number of carbonyl (C=O) groups excluding carboxylic acids is 2. The molecule has 4 rings (SSSR count). The van der Waals surface area contributed by atoms with E-state index in [9.17, 15) is 22.4 Å². The molecule has 2 aromatic carbocycles. The molecule has 2 fully saturated rings. The Morgan fingerprint density at radius 1 is 1.00 bits per heavy atom. The summed E-state index contributed by atoms with van der Waals surface area (Å²) in [4.78, 5) is 25.9. The fourth-order valence-corrected chi connectivity index (χ4v) is 5.74. The van der Waals surface area contributed by atoms with Crippen molar-refractivity contribution in [3.63, 3.8) is 0 Å². The van der Waals surface area contributed by atoms with Crippen LogP contribution in [0.1, 0.15) is 48.0 Å². The lowest BCUT2D eigenvalue weighted by Crippen LogP contribution is -2.36. The number of nitrogens with one attached hydrogen (secondary N) is 1. The third kappa shape index (κ3) is 4.83. The number of hydrogen-bond donors (Lipinski definition) is 1. The van der Waals surface area contributed by atoms with E-state index in [2.05, 4.69) is 5.32 Å². The highest BCUT2D eigenvalue weighted by Gasteiger charge is 2.29. The van der Waals surface area contributed by atoms with Gasteiger partial charge >= 0.3 is 0 Å². The lowest BCUT2D eigenvalue weighted by Gasteiger charge is -2.26. The van der Waals surface area contributed by atoms with Crippen molar-refractivity contribution in [3.05, 3.63) is 59.4 Å². The van der Waals surface area contributed by atoms with E-state index in [4.69, 9.17) is 0 Å². The highest BCUT2D eigenvalue weighted by molar-refractivity contribution is 7.89. The molecule has 2 amide bonds. The van der Waals surface area contributed by atoms with Crippen molar-refractivity contribution in [2.24, 2.45) is 0 Å². The van der Waals surface area contributed by atoms with Gasteiger partial charge in [0.05, 0.1) is 0 Å². The van der Waals surface area contributed by atoms with E-state index in [1.54, 1.807) is 23.1 Å². The van der Waals surface area contributed by atoms with Crippen molar-refractivity contribution in [1.29, 1.82) is 0 Å². The summed E-state index contributed by atoms with van der Waals surface area (Å²) < 4.78 is 41.5. The molecule has 2 heterocycles. The average Bonchev–Trinajstić information content (AvgIpc) is 3.19. The van der Waals surface area contributed by atoms with Crippen LogP contribution in [0.15, 0.2) is 47.4 Å². The highest BCUT2D eigenvalue weighted by atomic mass is 32.2. The van der Waals surface area contributed by atoms with E-state index in [1.165, 1.54) is 10.4 Å². The molecule has 0 saturated carbocycles. The number of amides is 2. The zero-order chi connectivity index (χ0) is 22.7. The molecular formula is C23H26FN3O4S. The van der Waals surface area contributed by atoms with Gasteiger partial charge in [0.2, 0.25) is 15.9 Å². The van der Waals surface area contributed by atoms with Crippen LogP contribution in [0.4, 0.5) is 10.1 Å². The summed E-state index contributed by atoms with van der Waals surface area (Å²) in [5.74, 6) is -1.29. The zero-order valence-electron chi connectivity index (χ0n) is 17.7. The van der Waals surface area contributed by atoms with E-state index in [1.807, 2.05) is 6.07 Å². The normalized spacial score (nSPS) is 17.5. The maximum Gasteiger partial charge on any atom is 0.255 e. The number of piperidine rings is 1. The van der Waals surface area contributed by atoms with Gasteiger partial charge in [0, 0.05) is 43.9 Å². The molecule has 7 nitrogen and oxygen atoms in total. The van der Waals surface area contributed by atoms with Crippen molar-refractivity contribution >= 4 is 27.5 Å². The monoisotopic (exact) mass is 459 g/mol. The number of sulfonamides is 1. The molecule has 2 aliphatic rings. The SMILES string of the molecule is O=C(Nc1cccc(CN2CCCC2=O)c1)c1ccc(F)c(S(=O)(=O)N2CCCCC2)c1. The molecule has 1 N–H and O–H groups in total. The molecule has 32 heavy (non-hydrogen) atoms. The smallest absolute Gasteiger partial charge is 0.255 e. The molecule has 2 aliphatic heterocycles. The van der Waals surface area contributed by atoms with Crippen LogP contribution in [0.25, 0.3) is 0 Å². The second-order valence-electron chi connectivity index (χ2n) is 8.18. The summed E-state index contributed by atoms with van der Waals surface area (Å²) in [5, 5.41) is 2.74. The van der Waals surface area contributed by atoms with Crippen LogP contribution in [0.2, 0.25) is 0 Å². The maximum absolute atomic E-state index is 14.4. The van der Waals surface area contributed by atoms with Crippen LogP contribution in [0.5, 0.6) is 0 Å². The van der Waals surface area contributed by atoms with Crippen LogP contribution in [-0.4, -0.2) is 49.1 Å². The molecule has 2 aromatic rings. The highest BCUT2D eigenvalue weighted by Crippen LogP contribution is 2.25. The molecule has 2 saturated heterocycles. The quantitative estimate of drug-likeness (QED) is 0.718. The summed E-state index contributed by atoms with van der Waals surface area (Å²) in [6.45, 7) is 1.89. The summed E-state index contributed by atoms with van der Waals surface area (Å²) in [5.41, 5.74) is 1.46. The third-order valence-electron chi connectivity index (χ3n) is 5.86. The predicted molar refractivity (Wildman–Crippen MR) is 118 cm³/mol. The number of likely N-dealkylation sites (tertiary alicyclic amines) is 1. The van der Waals surface area contributed by atoms with E-state index < -0.39 is 26.6 Å². The minimum absolute atomic E-state index is 0.0575. The summed E-state index contributed by atoms with van der Waals surface area (Å²) >= 11 is 0. The molecule has 0 aromatic heterocycles. The Morgan fingerprint density at radius 3 is 2.50 bits per heavy atom. The van der Waals surface area contributed by atoms with Crippen molar-refractivity contribution < 1.29 is 22.4 Å². The lowest BCUT2D eigenvalue weighted by atomic mass is 10.1. The molecule has 9 heteroatoms. The number of hydrogen-bond acceptors (Lipinski definition) is 4. The van der Waals surface area contributed by atoms with E-state index in [-0.39, 0.29) is 11.5 Å². The van der Waals surface area contributed by atoms with Gasteiger partial charge in [-0.05, 0) is 55.2 Å². The molecule has 0 bridgehead atoms. The first-order valence-electron chi connectivity index (χ1n) is 10.8. The van der Waals surface area contributed by atoms with Gasteiger partial charge in [0.1, 0.15) is 10.7 Å². The van der Waals surface area contributed by atoms with Crippen LogP contribution in [0.3, 0.4) is 0 Å². The van der Waals surface area contributed by atoms with Crippen LogP contribution in [0, 0.1) is 5.82 Å². The Hall–Kier alpha value is -2.78. The Labute approximate surface area is 187 Å². The van der Waals surface area contributed by atoms with E-state index in [0.717, 1.165) is 49.9 Å². The third-order valence-corrected chi connectivity index (χ3v) is 7.77. The number of benzene rings is 2. The molecule has 0 spiro atoms. The molecule has 0 atom stereocenters. The molecule has 0 radical (unpaired) electrons. The van der Waals surface area contributed by atoms with Gasteiger partial charge in [-0.2, -0.15) is 4.31 Å². The summed E-state index contributed by atoms with van der Waals surface area (Å²) in [6, 6.07) is 10.5. The van der Waals surface area contributed by atoms with Crippen LogP contribution in [-0.2, 0) is 21.4 Å². The van der Waals surface area contributed by atoms with Crippen LogP contribution < -0.4 is 5.32 Å². The van der Waals surface area contributed by atoms with Gasteiger partial charge in [-0.25, -0.2) is 12.8 Å². The average molecular weight is 460 g/mol. The topological polar surface area (TPSA) is 86.8 Å². The number of rotatable bonds is 6. The number of carbonyl (C=O) groups is 2.